The van der Waals surface area contributed by atoms with Crippen molar-refractivity contribution in [1.82, 2.24) is 10.3 Å². The van der Waals surface area contributed by atoms with E-state index in [4.69, 9.17) is 0 Å². The largest absolute Gasteiger partial charge is 0.272 e. The molecule has 0 N–H and O–H groups in total. The Morgan fingerprint density at radius 3 is 2.67 bits per heavy atom. The number of rotatable bonds is 6. The minimum Gasteiger partial charge on any atom is -0.267 e. The summed E-state index contributed by atoms with van der Waals surface area (Å²) < 4.78 is 0. The molecular formula is C12H17N2O. The first-order valence-corrected chi connectivity index (χ1v) is 5.46. The lowest BCUT2D eigenvalue weighted by Gasteiger charge is -2.01. The quantitative estimate of drug-likeness (QED) is 0.669. The highest BCUT2D eigenvalue weighted by atomic mass is 16.1. The van der Waals surface area contributed by atoms with Crippen LogP contribution < -0.4 is 5.32 Å². The molecule has 3 nitrogen and oxygen atoms in total. The molecule has 15 heavy (non-hydrogen) atoms. The van der Waals surface area contributed by atoms with Gasteiger partial charge < -0.3 is 0 Å². The molecule has 0 fully saturated rings. The fraction of sp³-hybridized carbons (Fsp3) is 0.500. The second kappa shape index (κ2) is 6.98. The average Bonchev–Trinajstić information content (AvgIpc) is 2.30. The van der Waals surface area contributed by atoms with Gasteiger partial charge in [-0.1, -0.05) is 26.2 Å². The van der Waals surface area contributed by atoms with Crippen LogP contribution in [0.4, 0.5) is 0 Å². The van der Waals surface area contributed by atoms with Crippen LogP contribution in [0.3, 0.4) is 0 Å². The van der Waals surface area contributed by atoms with E-state index in [1.165, 1.54) is 12.8 Å². The van der Waals surface area contributed by atoms with Crippen LogP contribution in [0.5, 0.6) is 0 Å². The molecule has 0 aromatic carbocycles. The topological polar surface area (TPSA) is 44.1 Å². The van der Waals surface area contributed by atoms with Crippen molar-refractivity contribution in [2.45, 2.75) is 32.6 Å². The van der Waals surface area contributed by atoms with Gasteiger partial charge in [-0.3, -0.25) is 9.78 Å². The minimum absolute atomic E-state index is 0.131. The summed E-state index contributed by atoms with van der Waals surface area (Å²) in [6, 6.07) is 3.38. The number of hydrogen-bond donors (Lipinski definition) is 0. The lowest BCUT2D eigenvalue weighted by molar-refractivity contribution is 0.0948. The third-order valence-electron chi connectivity index (χ3n) is 2.19. The fourth-order valence-electron chi connectivity index (χ4n) is 1.30. The molecule has 0 aliphatic heterocycles. The molecule has 0 spiro atoms. The van der Waals surface area contributed by atoms with Gasteiger partial charge in [-0.05, 0) is 18.6 Å². The fourth-order valence-corrected chi connectivity index (χ4v) is 1.30. The van der Waals surface area contributed by atoms with Crippen molar-refractivity contribution in [2.75, 3.05) is 6.54 Å². The van der Waals surface area contributed by atoms with E-state index < -0.39 is 0 Å². The van der Waals surface area contributed by atoms with Gasteiger partial charge in [0.1, 0.15) is 0 Å². The normalized spacial score (nSPS) is 9.93. The molecule has 81 valence electrons. The highest BCUT2D eigenvalue weighted by molar-refractivity contribution is 5.93. The van der Waals surface area contributed by atoms with E-state index in [2.05, 4.69) is 17.2 Å². The first-order chi connectivity index (χ1) is 7.34. The molecule has 3 heteroatoms. The average molecular weight is 205 g/mol. The van der Waals surface area contributed by atoms with Crippen LogP contribution >= 0.6 is 0 Å². The highest BCUT2D eigenvalue weighted by Gasteiger charge is 2.04. The standard InChI is InChI=1S/C12H17N2O/c1-2-3-4-5-8-14-12(15)11-6-9-13-10-7-11/h6-7,9-10H,2-5,8H2,1H3. The van der Waals surface area contributed by atoms with Gasteiger partial charge in [0.25, 0.3) is 5.91 Å². The third-order valence-corrected chi connectivity index (χ3v) is 2.19. The van der Waals surface area contributed by atoms with Crippen LogP contribution in [0.2, 0.25) is 0 Å². The molecular weight excluding hydrogens is 188 g/mol. The Balaban J connectivity index is 2.20. The van der Waals surface area contributed by atoms with Crippen molar-refractivity contribution in [3.8, 4) is 0 Å². The Morgan fingerprint density at radius 2 is 2.00 bits per heavy atom. The van der Waals surface area contributed by atoms with Crippen LogP contribution in [-0.2, 0) is 0 Å². The number of nitrogens with zero attached hydrogens (tertiary/aromatic N) is 2. The van der Waals surface area contributed by atoms with E-state index in [9.17, 15) is 4.79 Å². The zero-order chi connectivity index (χ0) is 10.9. The predicted molar refractivity (Wildman–Crippen MR) is 59.7 cm³/mol. The SMILES string of the molecule is CCCCCC[N]C(=O)c1ccncc1. The molecule has 0 saturated heterocycles. The molecule has 0 aliphatic rings. The molecule has 1 heterocycles. The molecule has 0 atom stereocenters. The van der Waals surface area contributed by atoms with E-state index in [1.807, 2.05) is 0 Å². The number of aromatic nitrogens is 1. The van der Waals surface area contributed by atoms with Crippen LogP contribution in [0.15, 0.2) is 24.5 Å². The third kappa shape index (κ3) is 4.58. The van der Waals surface area contributed by atoms with Gasteiger partial charge in [0.15, 0.2) is 0 Å². The van der Waals surface area contributed by atoms with Crippen molar-refractivity contribution in [2.24, 2.45) is 0 Å². The summed E-state index contributed by atoms with van der Waals surface area (Å²) in [6.45, 7) is 2.81. The molecule has 0 saturated carbocycles. The monoisotopic (exact) mass is 205 g/mol. The van der Waals surface area contributed by atoms with Crippen molar-refractivity contribution in [3.05, 3.63) is 30.1 Å². The van der Waals surface area contributed by atoms with Gasteiger partial charge in [-0.25, -0.2) is 5.32 Å². The van der Waals surface area contributed by atoms with Crippen molar-refractivity contribution in [1.29, 1.82) is 0 Å². The van der Waals surface area contributed by atoms with Gasteiger partial charge in [-0.2, -0.15) is 0 Å². The number of carbonyl (C=O) groups is 1. The van der Waals surface area contributed by atoms with E-state index in [-0.39, 0.29) is 5.91 Å². The van der Waals surface area contributed by atoms with Crippen LogP contribution in [-0.4, -0.2) is 17.4 Å². The second-order valence-corrected chi connectivity index (χ2v) is 3.48. The summed E-state index contributed by atoms with van der Waals surface area (Å²) in [4.78, 5) is 15.3. The number of amides is 1. The van der Waals surface area contributed by atoms with Gasteiger partial charge >= 0.3 is 0 Å². The maximum atomic E-state index is 11.5. The summed E-state index contributed by atoms with van der Waals surface area (Å²) in [5.74, 6) is -0.131. The summed E-state index contributed by atoms with van der Waals surface area (Å²) in [7, 11) is 0. The molecule has 1 aromatic rings. The Hall–Kier alpha value is -1.38. The molecule has 1 radical (unpaired) electrons. The van der Waals surface area contributed by atoms with Crippen LogP contribution in [0.25, 0.3) is 0 Å². The molecule has 1 aromatic heterocycles. The smallest absolute Gasteiger partial charge is 0.267 e. The van der Waals surface area contributed by atoms with Crippen molar-refractivity contribution >= 4 is 5.91 Å². The lowest BCUT2D eigenvalue weighted by atomic mass is 10.2. The first kappa shape index (κ1) is 11.7. The summed E-state index contributed by atoms with van der Waals surface area (Å²) in [5.41, 5.74) is 0.625. The zero-order valence-electron chi connectivity index (χ0n) is 9.15. The van der Waals surface area contributed by atoms with E-state index >= 15 is 0 Å². The number of hydrogen-bond acceptors (Lipinski definition) is 2. The van der Waals surface area contributed by atoms with E-state index in [0.717, 1.165) is 12.8 Å². The molecule has 1 amide bonds. The van der Waals surface area contributed by atoms with Crippen LogP contribution in [0.1, 0.15) is 43.0 Å². The number of pyridine rings is 1. The van der Waals surface area contributed by atoms with Gasteiger partial charge in [0, 0.05) is 24.5 Å². The van der Waals surface area contributed by atoms with Crippen molar-refractivity contribution < 1.29 is 4.79 Å². The summed E-state index contributed by atoms with van der Waals surface area (Å²) in [5, 5.41) is 4.00. The van der Waals surface area contributed by atoms with Gasteiger partial charge in [-0.15, -0.1) is 0 Å². The molecule has 1 rings (SSSR count). The van der Waals surface area contributed by atoms with E-state index in [0.29, 0.717) is 12.1 Å². The molecule has 0 unspecified atom stereocenters. The molecule has 0 aliphatic carbocycles. The van der Waals surface area contributed by atoms with Crippen LogP contribution in [0, 0.1) is 0 Å². The Labute approximate surface area is 90.9 Å². The summed E-state index contributed by atoms with van der Waals surface area (Å²) in [6.07, 6.45) is 7.81. The zero-order valence-corrected chi connectivity index (χ0v) is 9.15. The van der Waals surface area contributed by atoms with Crippen molar-refractivity contribution in [3.63, 3.8) is 0 Å². The van der Waals surface area contributed by atoms with Gasteiger partial charge in [0.05, 0.1) is 0 Å². The van der Waals surface area contributed by atoms with E-state index in [1.54, 1.807) is 24.5 Å². The Bertz CT molecular complexity index is 285. The number of carbonyl (C=O) groups excluding carboxylic acids is 1. The maximum absolute atomic E-state index is 11.5. The van der Waals surface area contributed by atoms with Gasteiger partial charge in [0.2, 0.25) is 0 Å². The summed E-state index contributed by atoms with van der Waals surface area (Å²) >= 11 is 0. The Morgan fingerprint density at radius 1 is 1.27 bits per heavy atom. The Kier molecular flexibility index (Phi) is 5.44. The minimum atomic E-state index is -0.131. The maximum Gasteiger partial charge on any atom is 0.272 e. The highest BCUT2D eigenvalue weighted by Crippen LogP contribution is 2.00. The second-order valence-electron chi connectivity index (χ2n) is 3.48. The molecule has 0 bridgehead atoms. The lowest BCUT2D eigenvalue weighted by Crippen LogP contribution is -2.16. The predicted octanol–water partition coefficient (Wildman–Crippen LogP) is 2.41. The number of unbranched alkanes of at least 4 members (excludes halogenated alkanes) is 3. The first-order valence-electron chi connectivity index (χ1n) is 5.46.